The third kappa shape index (κ3) is 5.36. The molecule has 0 aliphatic carbocycles. The van der Waals surface area contributed by atoms with Crippen LogP contribution in [0.1, 0.15) is 23.9 Å². The predicted molar refractivity (Wildman–Crippen MR) is 76.7 cm³/mol. The number of aromatic nitrogens is 2. The summed E-state index contributed by atoms with van der Waals surface area (Å²) in [4.78, 5) is 29.3. The van der Waals surface area contributed by atoms with Gasteiger partial charge >= 0.3 is 5.69 Å². The number of aromatic amines is 1. The Morgan fingerprint density at radius 3 is 2.75 bits per heavy atom. The van der Waals surface area contributed by atoms with E-state index in [4.69, 9.17) is 4.74 Å². The maximum atomic E-state index is 11.8. The Hall–Kier alpha value is -1.95. The number of nitrogens with one attached hydrogen (secondary N) is 2. The number of nitrogens with zero attached hydrogens (tertiary/aromatic N) is 1. The summed E-state index contributed by atoms with van der Waals surface area (Å²) in [6, 6.07) is 0. The highest BCUT2D eigenvalue weighted by Gasteiger charge is 2.10. The van der Waals surface area contributed by atoms with E-state index in [1.165, 1.54) is 0 Å². The Labute approximate surface area is 118 Å². The lowest BCUT2D eigenvalue weighted by Crippen LogP contribution is -2.30. The fraction of sp³-hybridized carbons (Fsp3) is 0.500. The number of carbonyl (C=O) groups is 1. The standard InChI is InChI=1S/C14H21N3O3/c1-9(2)8-20-6-5-15-13(18)7-12-10(3)16-14(19)17-11(12)4/h1,5-8H2,2-4H3,(H,15,18)(H,16,17,19). The molecule has 1 heterocycles. The third-order valence-corrected chi connectivity index (χ3v) is 2.71. The molecule has 0 fully saturated rings. The largest absolute Gasteiger partial charge is 0.375 e. The van der Waals surface area contributed by atoms with Gasteiger partial charge < -0.3 is 15.0 Å². The molecule has 20 heavy (non-hydrogen) atoms. The normalized spacial score (nSPS) is 10.3. The summed E-state index contributed by atoms with van der Waals surface area (Å²) >= 11 is 0. The van der Waals surface area contributed by atoms with Crippen molar-refractivity contribution in [2.24, 2.45) is 0 Å². The summed E-state index contributed by atoms with van der Waals surface area (Å²) in [7, 11) is 0. The molecule has 0 unspecified atom stereocenters. The monoisotopic (exact) mass is 279 g/mol. The van der Waals surface area contributed by atoms with Gasteiger partial charge in [-0.3, -0.25) is 4.79 Å². The number of hydrogen-bond acceptors (Lipinski definition) is 4. The summed E-state index contributed by atoms with van der Waals surface area (Å²) in [5.74, 6) is -0.121. The molecule has 1 amide bonds. The number of carbonyl (C=O) groups excluding carboxylic acids is 1. The van der Waals surface area contributed by atoms with Gasteiger partial charge in [-0.1, -0.05) is 12.2 Å². The molecule has 0 atom stereocenters. The van der Waals surface area contributed by atoms with E-state index in [9.17, 15) is 9.59 Å². The van der Waals surface area contributed by atoms with Crippen molar-refractivity contribution in [1.82, 2.24) is 15.3 Å². The summed E-state index contributed by atoms with van der Waals surface area (Å²) in [5.41, 5.74) is 2.57. The molecule has 0 radical (unpaired) electrons. The van der Waals surface area contributed by atoms with Crippen LogP contribution in [0.5, 0.6) is 0 Å². The van der Waals surface area contributed by atoms with Gasteiger partial charge in [-0.25, -0.2) is 4.79 Å². The van der Waals surface area contributed by atoms with Crippen LogP contribution in [0.25, 0.3) is 0 Å². The van der Waals surface area contributed by atoms with Crippen LogP contribution >= 0.6 is 0 Å². The van der Waals surface area contributed by atoms with Crippen molar-refractivity contribution in [2.75, 3.05) is 19.8 Å². The first-order chi connectivity index (χ1) is 9.40. The second kappa shape index (κ2) is 7.59. The van der Waals surface area contributed by atoms with Crippen molar-refractivity contribution in [3.63, 3.8) is 0 Å². The van der Waals surface area contributed by atoms with Crippen molar-refractivity contribution < 1.29 is 9.53 Å². The molecule has 1 rings (SSSR count). The molecule has 0 aromatic carbocycles. The van der Waals surface area contributed by atoms with Crippen molar-refractivity contribution in [3.8, 4) is 0 Å². The maximum absolute atomic E-state index is 11.8. The Balaban J connectivity index is 2.43. The van der Waals surface area contributed by atoms with Crippen LogP contribution < -0.4 is 11.0 Å². The molecule has 1 aromatic heterocycles. The topological polar surface area (TPSA) is 84.1 Å². The van der Waals surface area contributed by atoms with Gasteiger partial charge in [0.1, 0.15) is 0 Å². The molecule has 110 valence electrons. The zero-order chi connectivity index (χ0) is 15.1. The first kappa shape index (κ1) is 16.1. The Morgan fingerprint density at radius 1 is 1.45 bits per heavy atom. The lowest BCUT2D eigenvalue weighted by Gasteiger charge is -2.09. The molecule has 0 spiro atoms. The first-order valence-corrected chi connectivity index (χ1v) is 6.45. The van der Waals surface area contributed by atoms with E-state index in [2.05, 4.69) is 21.9 Å². The van der Waals surface area contributed by atoms with E-state index in [0.29, 0.717) is 31.1 Å². The van der Waals surface area contributed by atoms with Crippen LogP contribution in [0, 0.1) is 13.8 Å². The minimum absolute atomic E-state index is 0.121. The van der Waals surface area contributed by atoms with Crippen molar-refractivity contribution in [3.05, 3.63) is 39.6 Å². The second-order valence-electron chi connectivity index (χ2n) is 4.77. The van der Waals surface area contributed by atoms with Crippen LogP contribution in [-0.4, -0.2) is 35.6 Å². The summed E-state index contributed by atoms with van der Waals surface area (Å²) < 4.78 is 5.28. The maximum Gasteiger partial charge on any atom is 0.345 e. The van der Waals surface area contributed by atoms with Crippen molar-refractivity contribution in [2.45, 2.75) is 27.2 Å². The first-order valence-electron chi connectivity index (χ1n) is 6.45. The van der Waals surface area contributed by atoms with E-state index < -0.39 is 5.69 Å². The molecule has 6 heteroatoms. The van der Waals surface area contributed by atoms with Gasteiger partial charge in [0.15, 0.2) is 0 Å². The van der Waals surface area contributed by atoms with E-state index in [1.54, 1.807) is 13.8 Å². The molecule has 0 saturated carbocycles. The van der Waals surface area contributed by atoms with Gasteiger partial charge in [0.05, 0.1) is 19.6 Å². The number of H-pyrrole nitrogens is 1. The average Bonchev–Trinajstić information content (AvgIpc) is 2.33. The van der Waals surface area contributed by atoms with Crippen LogP contribution in [0.4, 0.5) is 0 Å². The van der Waals surface area contributed by atoms with Gasteiger partial charge in [0, 0.05) is 23.5 Å². The molecule has 0 bridgehead atoms. The van der Waals surface area contributed by atoms with Gasteiger partial charge in [0.25, 0.3) is 0 Å². The number of rotatable bonds is 7. The van der Waals surface area contributed by atoms with E-state index in [-0.39, 0.29) is 12.3 Å². The number of amides is 1. The molecule has 0 aliphatic heterocycles. The molecule has 6 nitrogen and oxygen atoms in total. The average molecular weight is 279 g/mol. The lowest BCUT2D eigenvalue weighted by molar-refractivity contribution is -0.120. The Morgan fingerprint density at radius 2 is 2.15 bits per heavy atom. The van der Waals surface area contributed by atoms with Crippen LogP contribution in [0.15, 0.2) is 16.9 Å². The van der Waals surface area contributed by atoms with E-state index >= 15 is 0 Å². The number of hydrogen-bond donors (Lipinski definition) is 2. The zero-order valence-electron chi connectivity index (χ0n) is 12.2. The molecular formula is C14H21N3O3. The van der Waals surface area contributed by atoms with Gasteiger partial charge in [0.2, 0.25) is 5.91 Å². The molecular weight excluding hydrogens is 258 g/mol. The molecule has 0 saturated heterocycles. The predicted octanol–water partition coefficient (Wildman–Crippen LogP) is 0.638. The fourth-order valence-electron chi connectivity index (χ4n) is 1.75. The van der Waals surface area contributed by atoms with Crippen molar-refractivity contribution in [1.29, 1.82) is 0 Å². The highest BCUT2D eigenvalue weighted by molar-refractivity contribution is 5.78. The smallest absolute Gasteiger partial charge is 0.345 e. The minimum atomic E-state index is -0.391. The number of ether oxygens (including phenoxy) is 1. The van der Waals surface area contributed by atoms with Crippen molar-refractivity contribution >= 4 is 5.91 Å². The lowest BCUT2D eigenvalue weighted by atomic mass is 10.1. The second-order valence-corrected chi connectivity index (χ2v) is 4.77. The number of aryl methyl sites for hydroxylation is 2. The minimum Gasteiger partial charge on any atom is -0.375 e. The van der Waals surface area contributed by atoms with Gasteiger partial charge in [-0.15, -0.1) is 0 Å². The summed E-state index contributed by atoms with van der Waals surface area (Å²) in [6.07, 6.45) is 0.196. The summed E-state index contributed by atoms with van der Waals surface area (Å²) in [5, 5.41) is 2.76. The van der Waals surface area contributed by atoms with Crippen LogP contribution in [0.3, 0.4) is 0 Å². The molecule has 2 N–H and O–H groups in total. The molecule has 0 aliphatic rings. The molecule has 1 aromatic rings. The van der Waals surface area contributed by atoms with Gasteiger partial charge in [-0.05, 0) is 20.8 Å². The highest BCUT2D eigenvalue weighted by atomic mass is 16.5. The van der Waals surface area contributed by atoms with E-state index in [0.717, 1.165) is 11.1 Å². The van der Waals surface area contributed by atoms with Crippen LogP contribution in [0.2, 0.25) is 0 Å². The fourth-order valence-corrected chi connectivity index (χ4v) is 1.75. The van der Waals surface area contributed by atoms with Crippen LogP contribution in [-0.2, 0) is 16.0 Å². The highest BCUT2D eigenvalue weighted by Crippen LogP contribution is 2.07. The van der Waals surface area contributed by atoms with Gasteiger partial charge in [-0.2, -0.15) is 4.98 Å². The summed E-state index contributed by atoms with van der Waals surface area (Å²) in [6.45, 7) is 10.5. The quantitative estimate of drug-likeness (QED) is 0.566. The van der Waals surface area contributed by atoms with E-state index in [1.807, 2.05) is 6.92 Å². The Kier molecular flexibility index (Phi) is 6.11. The third-order valence-electron chi connectivity index (χ3n) is 2.71. The zero-order valence-corrected chi connectivity index (χ0v) is 12.2. The Bertz CT molecular complexity index is 523. The SMILES string of the molecule is C=C(C)COCCNC(=O)Cc1c(C)nc(=O)[nH]c1C.